The summed E-state index contributed by atoms with van der Waals surface area (Å²) in [6, 6.07) is 8.67. The Bertz CT molecular complexity index is 917. The molecule has 3 aliphatic rings. The van der Waals surface area contributed by atoms with Gasteiger partial charge in [-0.15, -0.1) is 0 Å². The fourth-order valence-corrected chi connectivity index (χ4v) is 6.75. The molecule has 0 radical (unpaired) electrons. The highest BCUT2D eigenvalue weighted by Gasteiger charge is 2.49. The Labute approximate surface area is 154 Å². The fourth-order valence-electron chi connectivity index (χ4n) is 4.90. The molecule has 26 heavy (non-hydrogen) atoms. The lowest BCUT2D eigenvalue weighted by molar-refractivity contribution is 0.227. The van der Waals surface area contributed by atoms with E-state index < -0.39 is 10.0 Å². The predicted octanol–water partition coefficient (Wildman–Crippen LogP) is 2.84. The maximum absolute atomic E-state index is 12.6. The Kier molecular flexibility index (Phi) is 3.69. The number of aromatic nitrogens is 2. The van der Waals surface area contributed by atoms with Crippen LogP contribution in [-0.4, -0.2) is 41.0 Å². The molecular formula is C20H23N3O2S. The minimum absolute atomic E-state index is 0.0761. The summed E-state index contributed by atoms with van der Waals surface area (Å²) in [6.45, 7) is 1.29. The van der Waals surface area contributed by atoms with Gasteiger partial charge < -0.3 is 0 Å². The van der Waals surface area contributed by atoms with E-state index in [0.717, 1.165) is 37.7 Å². The molecule has 136 valence electrons. The van der Waals surface area contributed by atoms with E-state index in [1.807, 2.05) is 12.4 Å². The number of hydrogen-bond donors (Lipinski definition) is 0. The van der Waals surface area contributed by atoms with Crippen molar-refractivity contribution in [1.82, 2.24) is 14.3 Å². The minimum atomic E-state index is -3.06. The molecule has 1 atom stereocenters. The maximum Gasteiger partial charge on any atom is 0.216 e. The van der Waals surface area contributed by atoms with Gasteiger partial charge >= 0.3 is 0 Å². The van der Waals surface area contributed by atoms with E-state index in [4.69, 9.17) is 0 Å². The number of fused-ring (bicyclic) bond motifs is 2. The summed E-state index contributed by atoms with van der Waals surface area (Å²) in [7, 11) is -3.06. The molecule has 1 spiro atoms. The van der Waals surface area contributed by atoms with Crippen molar-refractivity contribution >= 4 is 10.0 Å². The summed E-state index contributed by atoms with van der Waals surface area (Å²) >= 11 is 0. The second kappa shape index (κ2) is 5.86. The molecule has 2 fully saturated rings. The first-order chi connectivity index (χ1) is 12.6. The number of sulfonamides is 1. The quantitative estimate of drug-likeness (QED) is 0.835. The zero-order valence-electron chi connectivity index (χ0n) is 14.7. The topological polar surface area (TPSA) is 63.2 Å². The molecule has 5 nitrogen and oxygen atoms in total. The van der Waals surface area contributed by atoms with E-state index in [0.29, 0.717) is 19.0 Å². The Morgan fingerprint density at radius 2 is 1.73 bits per heavy atom. The third-order valence-corrected chi connectivity index (χ3v) is 8.87. The predicted molar refractivity (Wildman–Crippen MR) is 99.4 cm³/mol. The smallest absolute Gasteiger partial charge is 0.216 e. The second-order valence-electron chi connectivity index (χ2n) is 7.94. The van der Waals surface area contributed by atoms with Crippen molar-refractivity contribution in [2.75, 3.05) is 13.1 Å². The minimum Gasteiger partial charge on any atom is -0.245 e. The third-order valence-electron chi connectivity index (χ3n) is 6.47. The Morgan fingerprint density at radius 3 is 2.42 bits per heavy atom. The van der Waals surface area contributed by atoms with Crippen LogP contribution in [0.3, 0.4) is 0 Å². The van der Waals surface area contributed by atoms with Crippen LogP contribution in [0.2, 0.25) is 0 Å². The summed E-state index contributed by atoms with van der Waals surface area (Å²) in [6.07, 6.45) is 9.91. The SMILES string of the molecule is O=S(=O)(C1CC1)N1CCC2(CC1)C[C@H](c1cncnc1)c1ccccc12. The van der Waals surface area contributed by atoms with Crippen LogP contribution in [0.1, 0.15) is 54.7 Å². The van der Waals surface area contributed by atoms with Crippen molar-refractivity contribution in [3.8, 4) is 0 Å². The molecule has 1 aliphatic heterocycles. The largest absolute Gasteiger partial charge is 0.245 e. The van der Waals surface area contributed by atoms with Crippen molar-refractivity contribution in [2.24, 2.45) is 0 Å². The summed E-state index contributed by atoms with van der Waals surface area (Å²) in [5.41, 5.74) is 4.00. The lowest BCUT2D eigenvalue weighted by atomic mass is 9.73. The number of rotatable bonds is 3. The lowest BCUT2D eigenvalue weighted by Gasteiger charge is -2.40. The van der Waals surface area contributed by atoms with Crippen LogP contribution in [0.5, 0.6) is 0 Å². The van der Waals surface area contributed by atoms with Gasteiger partial charge in [0.25, 0.3) is 0 Å². The van der Waals surface area contributed by atoms with Gasteiger partial charge in [-0.2, -0.15) is 0 Å². The Balaban J connectivity index is 1.45. The van der Waals surface area contributed by atoms with Crippen LogP contribution in [-0.2, 0) is 15.4 Å². The zero-order chi connectivity index (χ0) is 17.8. The molecule has 2 aromatic rings. The molecule has 1 saturated heterocycles. The van der Waals surface area contributed by atoms with Gasteiger partial charge in [-0.05, 0) is 54.2 Å². The molecule has 0 amide bonds. The van der Waals surface area contributed by atoms with E-state index in [9.17, 15) is 8.42 Å². The molecule has 0 unspecified atom stereocenters. The third kappa shape index (κ3) is 2.50. The summed E-state index contributed by atoms with van der Waals surface area (Å²) in [5.74, 6) is 0.305. The molecule has 0 N–H and O–H groups in total. The highest BCUT2D eigenvalue weighted by Crippen LogP contribution is 2.54. The monoisotopic (exact) mass is 369 g/mol. The molecule has 1 saturated carbocycles. The van der Waals surface area contributed by atoms with Gasteiger partial charge in [0, 0.05) is 31.4 Å². The van der Waals surface area contributed by atoms with Gasteiger partial charge in [-0.3, -0.25) is 0 Å². The first-order valence-electron chi connectivity index (χ1n) is 9.43. The number of nitrogens with zero attached hydrogens (tertiary/aromatic N) is 3. The van der Waals surface area contributed by atoms with Gasteiger partial charge in [0.15, 0.2) is 0 Å². The number of benzene rings is 1. The first kappa shape index (κ1) is 16.4. The summed E-state index contributed by atoms with van der Waals surface area (Å²) in [4.78, 5) is 8.42. The number of piperidine rings is 1. The van der Waals surface area contributed by atoms with Crippen LogP contribution < -0.4 is 0 Å². The second-order valence-corrected chi connectivity index (χ2v) is 10.2. The van der Waals surface area contributed by atoms with E-state index in [2.05, 4.69) is 34.2 Å². The van der Waals surface area contributed by atoms with Gasteiger partial charge in [0.2, 0.25) is 10.0 Å². The van der Waals surface area contributed by atoms with E-state index >= 15 is 0 Å². The van der Waals surface area contributed by atoms with Crippen molar-refractivity contribution < 1.29 is 8.42 Å². The number of hydrogen-bond acceptors (Lipinski definition) is 4. The molecule has 5 rings (SSSR count). The average molecular weight is 369 g/mol. The highest BCUT2D eigenvalue weighted by atomic mass is 32.2. The van der Waals surface area contributed by atoms with Crippen molar-refractivity contribution in [1.29, 1.82) is 0 Å². The molecule has 1 aromatic carbocycles. The molecule has 2 aliphatic carbocycles. The summed E-state index contributed by atoms with van der Waals surface area (Å²) < 4.78 is 26.9. The van der Waals surface area contributed by atoms with Crippen molar-refractivity contribution in [3.05, 3.63) is 59.7 Å². The zero-order valence-corrected chi connectivity index (χ0v) is 15.5. The van der Waals surface area contributed by atoms with E-state index in [-0.39, 0.29) is 10.7 Å². The van der Waals surface area contributed by atoms with E-state index in [1.54, 1.807) is 10.6 Å². The molecular weight excluding hydrogens is 346 g/mol. The van der Waals surface area contributed by atoms with Crippen molar-refractivity contribution in [3.63, 3.8) is 0 Å². The fraction of sp³-hybridized carbons (Fsp3) is 0.500. The van der Waals surface area contributed by atoms with Gasteiger partial charge in [-0.1, -0.05) is 24.3 Å². The van der Waals surface area contributed by atoms with Crippen LogP contribution in [0.15, 0.2) is 43.0 Å². The van der Waals surface area contributed by atoms with Crippen molar-refractivity contribution in [2.45, 2.75) is 48.7 Å². The van der Waals surface area contributed by atoms with Crippen LogP contribution >= 0.6 is 0 Å². The van der Waals surface area contributed by atoms with Crippen LogP contribution in [0, 0.1) is 0 Å². The molecule has 0 bridgehead atoms. The Morgan fingerprint density at radius 1 is 1.04 bits per heavy atom. The molecule has 6 heteroatoms. The maximum atomic E-state index is 12.6. The van der Waals surface area contributed by atoms with Crippen LogP contribution in [0.4, 0.5) is 0 Å². The summed E-state index contributed by atoms with van der Waals surface area (Å²) in [5, 5.41) is -0.110. The normalized spacial score (nSPS) is 25.3. The van der Waals surface area contributed by atoms with Gasteiger partial charge in [0.1, 0.15) is 6.33 Å². The first-order valence-corrected chi connectivity index (χ1v) is 10.9. The lowest BCUT2D eigenvalue weighted by Crippen LogP contribution is -2.45. The molecule has 1 aromatic heterocycles. The van der Waals surface area contributed by atoms with Gasteiger partial charge in [0.05, 0.1) is 5.25 Å². The highest BCUT2D eigenvalue weighted by molar-refractivity contribution is 7.90. The Hall–Kier alpha value is -1.79. The van der Waals surface area contributed by atoms with Gasteiger partial charge in [-0.25, -0.2) is 22.7 Å². The average Bonchev–Trinajstić information content (AvgIpc) is 3.49. The van der Waals surface area contributed by atoms with Crippen LogP contribution in [0.25, 0.3) is 0 Å². The molecule has 2 heterocycles. The standard InChI is InChI=1S/C20H23N3O2S/c24-26(25,16-5-6-16)23-9-7-20(8-10-23)11-18(15-12-21-14-22-13-15)17-3-1-2-4-19(17)20/h1-4,12-14,16,18H,5-11H2/t18-/m1/s1. The van der Waals surface area contributed by atoms with E-state index in [1.165, 1.54) is 11.1 Å².